The van der Waals surface area contributed by atoms with Crippen molar-refractivity contribution in [2.75, 3.05) is 6.54 Å². The second-order valence-electron chi connectivity index (χ2n) is 5.77. The fraction of sp³-hybridized carbons (Fsp3) is 0.643. The predicted octanol–water partition coefficient (Wildman–Crippen LogP) is -4.28. The minimum atomic E-state index is -1.69. The molecule has 5 unspecified atom stereocenters. The Balaban J connectivity index is 4.77. The number of amides is 3. The standard InChI is InChI=1S/C14H24N4O9/c1-5(19)10(15)12(24)18-11(6(2)20)13(25)16-4-8(21)17-7(14(26)27)3-9(22)23/h5-7,10-11,19-20H,3-4,15H2,1-2H3,(H,16,25)(H,17,21)(H,18,24)(H,22,23)(H,26,27). The molecule has 0 aliphatic carbocycles. The van der Waals surface area contributed by atoms with Crippen molar-refractivity contribution in [3.05, 3.63) is 0 Å². The molecule has 27 heavy (non-hydrogen) atoms. The summed E-state index contributed by atoms with van der Waals surface area (Å²) >= 11 is 0. The molecule has 0 aromatic heterocycles. The van der Waals surface area contributed by atoms with Crippen molar-refractivity contribution < 1.29 is 44.4 Å². The SMILES string of the molecule is CC(O)C(N)C(=O)NC(C(=O)NCC(=O)NC(CC(=O)O)C(=O)O)C(C)O. The van der Waals surface area contributed by atoms with E-state index in [9.17, 15) is 34.2 Å². The first-order valence-corrected chi connectivity index (χ1v) is 7.80. The van der Waals surface area contributed by atoms with E-state index in [0.29, 0.717) is 0 Å². The maximum Gasteiger partial charge on any atom is 0.326 e. The Morgan fingerprint density at radius 2 is 1.48 bits per heavy atom. The van der Waals surface area contributed by atoms with Crippen LogP contribution in [0.1, 0.15) is 20.3 Å². The highest BCUT2D eigenvalue weighted by Crippen LogP contribution is 1.97. The lowest BCUT2D eigenvalue weighted by Gasteiger charge is -2.23. The van der Waals surface area contributed by atoms with Crippen LogP contribution in [0.4, 0.5) is 0 Å². The van der Waals surface area contributed by atoms with Gasteiger partial charge in [-0.1, -0.05) is 0 Å². The van der Waals surface area contributed by atoms with Gasteiger partial charge in [-0.25, -0.2) is 4.79 Å². The van der Waals surface area contributed by atoms with Crippen molar-refractivity contribution in [1.82, 2.24) is 16.0 Å². The van der Waals surface area contributed by atoms with Crippen LogP contribution in [0.3, 0.4) is 0 Å². The van der Waals surface area contributed by atoms with Crippen molar-refractivity contribution in [1.29, 1.82) is 0 Å². The molecule has 0 aliphatic rings. The number of nitrogens with one attached hydrogen (secondary N) is 3. The number of carbonyl (C=O) groups excluding carboxylic acids is 3. The van der Waals surface area contributed by atoms with Gasteiger partial charge >= 0.3 is 11.9 Å². The van der Waals surface area contributed by atoms with Crippen LogP contribution < -0.4 is 21.7 Å². The van der Waals surface area contributed by atoms with E-state index in [1.54, 1.807) is 0 Å². The lowest BCUT2D eigenvalue weighted by atomic mass is 10.1. The zero-order valence-electron chi connectivity index (χ0n) is 14.7. The number of aliphatic hydroxyl groups excluding tert-OH is 2. The van der Waals surface area contributed by atoms with E-state index in [0.717, 1.165) is 0 Å². The topological polar surface area (TPSA) is 228 Å². The van der Waals surface area contributed by atoms with Crippen molar-refractivity contribution in [3.8, 4) is 0 Å². The van der Waals surface area contributed by atoms with E-state index in [2.05, 4.69) is 10.6 Å². The van der Waals surface area contributed by atoms with E-state index in [1.807, 2.05) is 5.32 Å². The average molecular weight is 392 g/mol. The molecule has 0 aromatic carbocycles. The first-order valence-electron chi connectivity index (χ1n) is 7.80. The molecular weight excluding hydrogens is 368 g/mol. The molecule has 0 aromatic rings. The molecule has 9 N–H and O–H groups in total. The monoisotopic (exact) mass is 392 g/mol. The van der Waals surface area contributed by atoms with Crippen LogP contribution in [0.5, 0.6) is 0 Å². The lowest BCUT2D eigenvalue weighted by Crippen LogP contribution is -2.58. The first-order chi connectivity index (χ1) is 12.4. The van der Waals surface area contributed by atoms with Crippen LogP contribution in [0.15, 0.2) is 0 Å². The smallest absolute Gasteiger partial charge is 0.326 e. The second-order valence-corrected chi connectivity index (χ2v) is 5.77. The van der Waals surface area contributed by atoms with Crippen LogP contribution in [0.25, 0.3) is 0 Å². The third-order valence-electron chi connectivity index (χ3n) is 3.32. The van der Waals surface area contributed by atoms with Gasteiger partial charge in [-0.05, 0) is 13.8 Å². The predicted molar refractivity (Wildman–Crippen MR) is 88.1 cm³/mol. The minimum Gasteiger partial charge on any atom is -0.481 e. The summed E-state index contributed by atoms with van der Waals surface area (Å²) in [6, 6.07) is -4.54. The molecule has 0 saturated heterocycles. The lowest BCUT2D eigenvalue weighted by molar-refractivity contribution is -0.147. The van der Waals surface area contributed by atoms with Crippen molar-refractivity contribution in [2.24, 2.45) is 5.73 Å². The first kappa shape index (κ1) is 24.2. The van der Waals surface area contributed by atoms with E-state index < -0.39 is 73.0 Å². The van der Waals surface area contributed by atoms with Gasteiger partial charge in [0.15, 0.2) is 0 Å². The van der Waals surface area contributed by atoms with E-state index >= 15 is 0 Å². The van der Waals surface area contributed by atoms with Gasteiger partial charge in [0, 0.05) is 0 Å². The molecule has 0 spiro atoms. The summed E-state index contributed by atoms with van der Waals surface area (Å²) in [7, 11) is 0. The number of nitrogens with two attached hydrogens (primary N) is 1. The van der Waals surface area contributed by atoms with Gasteiger partial charge in [-0.3, -0.25) is 19.2 Å². The molecule has 154 valence electrons. The Morgan fingerprint density at radius 1 is 0.926 bits per heavy atom. The van der Waals surface area contributed by atoms with Gasteiger partial charge in [0.25, 0.3) is 0 Å². The van der Waals surface area contributed by atoms with Gasteiger partial charge in [0.2, 0.25) is 17.7 Å². The highest BCUT2D eigenvalue weighted by molar-refractivity contribution is 5.93. The molecule has 0 bridgehead atoms. The molecule has 0 saturated carbocycles. The number of aliphatic carboxylic acids is 2. The van der Waals surface area contributed by atoms with Crippen molar-refractivity contribution >= 4 is 29.7 Å². The number of hydrogen-bond acceptors (Lipinski definition) is 8. The largest absolute Gasteiger partial charge is 0.481 e. The van der Waals surface area contributed by atoms with Crippen molar-refractivity contribution in [2.45, 2.75) is 50.6 Å². The zero-order chi connectivity index (χ0) is 21.3. The Hall–Kier alpha value is -2.77. The highest BCUT2D eigenvalue weighted by atomic mass is 16.4. The normalized spacial score (nSPS) is 16.2. The van der Waals surface area contributed by atoms with Gasteiger partial charge in [-0.15, -0.1) is 0 Å². The highest BCUT2D eigenvalue weighted by Gasteiger charge is 2.30. The molecule has 13 heteroatoms. The fourth-order valence-electron chi connectivity index (χ4n) is 1.77. The molecular formula is C14H24N4O9. The molecule has 3 amide bonds. The molecule has 0 rings (SSSR count). The number of carboxylic acid groups (broad SMARTS) is 2. The van der Waals surface area contributed by atoms with E-state index in [1.165, 1.54) is 13.8 Å². The summed E-state index contributed by atoms with van der Waals surface area (Å²) < 4.78 is 0. The Morgan fingerprint density at radius 3 is 1.89 bits per heavy atom. The summed E-state index contributed by atoms with van der Waals surface area (Å²) in [4.78, 5) is 56.9. The summed E-state index contributed by atoms with van der Waals surface area (Å²) in [6.45, 7) is 1.71. The average Bonchev–Trinajstić information content (AvgIpc) is 2.54. The third kappa shape index (κ3) is 8.94. The maximum atomic E-state index is 12.0. The molecule has 5 atom stereocenters. The van der Waals surface area contributed by atoms with Gasteiger partial charge < -0.3 is 42.1 Å². The summed E-state index contributed by atoms with van der Waals surface area (Å²) in [5.41, 5.74) is 5.41. The third-order valence-corrected chi connectivity index (χ3v) is 3.32. The number of aliphatic hydroxyl groups is 2. The summed E-state index contributed by atoms with van der Waals surface area (Å²) in [5, 5.41) is 42.4. The summed E-state index contributed by atoms with van der Waals surface area (Å²) in [5.74, 6) is -5.90. The van der Waals surface area contributed by atoms with Crippen molar-refractivity contribution in [3.63, 3.8) is 0 Å². The molecule has 0 heterocycles. The fourth-order valence-corrected chi connectivity index (χ4v) is 1.77. The molecule has 0 fully saturated rings. The van der Waals surface area contributed by atoms with E-state index in [-0.39, 0.29) is 0 Å². The van der Waals surface area contributed by atoms with Gasteiger partial charge in [0.05, 0.1) is 25.2 Å². The number of carbonyl (C=O) groups is 5. The van der Waals surface area contributed by atoms with Crippen LogP contribution in [0, 0.1) is 0 Å². The molecule has 0 radical (unpaired) electrons. The van der Waals surface area contributed by atoms with Crippen LogP contribution >= 0.6 is 0 Å². The Kier molecular flexibility index (Phi) is 9.92. The second kappa shape index (κ2) is 11.1. The quantitative estimate of drug-likeness (QED) is 0.169. The number of hydrogen-bond donors (Lipinski definition) is 8. The molecule has 0 aliphatic heterocycles. The summed E-state index contributed by atoms with van der Waals surface area (Å²) in [6.07, 6.45) is -3.45. The van der Waals surface area contributed by atoms with Crippen LogP contribution in [-0.4, -0.2) is 87.0 Å². The van der Waals surface area contributed by atoms with Gasteiger partial charge in [-0.2, -0.15) is 0 Å². The minimum absolute atomic E-state index is 0.732. The van der Waals surface area contributed by atoms with E-state index in [4.69, 9.17) is 15.9 Å². The van der Waals surface area contributed by atoms with Crippen LogP contribution in [-0.2, 0) is 24.0 Å². The van der Waals surface area contributed by atoms with Gasteiger partial charge in [0.1, 0.15) is 18.1 Å². The van der Waals surface area contributed by atoms with Crippen LogP contribution in [0.2, 0.25) is 0 Å². The number of rotatable bonds is 11. The Bertz CT molecular complexity index is 579. The molecule has 13 nitrogen and oxygen atoms in total. The zero-order valence-corrected chi connectivity index (χ0v) is 14.7. The maximum absolute atomic E-state index is 12.0. The number of carboxylic acids is 2. The Labute approximate surface area is 153 Å².